The lowest BCUT2D eigenvalue weighted by Crippen LogP contribution is -2.32. The first kappa shape index (κ1) is 16.5. The Morgan fingerprint density at radius 3 is 2.68 bits per heavy atom. The maximum Gasteiger partial charge on any atom is 0.337 e. The van der Waals surface area contributed by atoms with E-state index in [4.69, 9.17) is 10.00 Å². The van der Waals surface area contributed by atoms with Crippen LogP contribution in [-0.4, -0.2) is 31.6 Å². The number of carbonyl (C=O) groups is 2. The van der Waals surface area contributed by atoms with Gasteiger partial charge in [0, 0.05) is 18.7 Å². The van der Waals surface area contributed by atoms with Crippen LogP contribution in [0.2, 0.25) is 0 Å². The Morgan fingerprint density at radius 1 is 1.24 bits per heavy atom. The van der Waals surface area contributed by atoms with E-state index in [0.717, 1.165) is 5.69 Å². The Hall–Kier alpha value is -3.33. The van der Waals surface area contributed by atoms with E-state index in [0.29, 0.717) is 29.8 Å². The van der Waals surface area contributed by atoms with Gasteiger partial charge in [0.25, 0.3) is 5.91 Å². The quantitative estimate of drug-likeness (QED) is 0.802. The second-order valence-electron chi connectivity index (χ2n) is 5.56. The zero-order chi connectivity index (χ0) is 17.8. The minimum atomic E-state index is -0.608. The fourth-order valence-electron chi connectivity index (χ4n) is 2.71. The normalized spacial score (nSPS) is 16.4. The first-order chi connectivity index (χ1) is 12.1. The van der Waals surface area contributed by atoms with Crippen LogP contribution in [0.5, 0.6) is 5.75 Å². The molecule has 126 valence electrons. The molecule has 1 aliphatic heterocycles. The van der Waals surface area contributed by atoms with Crippen molar-refractivity contribution in [1.82, 2.24) is 0 Å². The van der Waals surface area contributed by atoms with E-state index in [1.54, 1.807) is 53.4 Å². The number of hydrogen-bond acceptors (Lipinski definition) is 5. The number of rotatable bonds is 4. The number of hydrogen-bond donors (Lipinski definition) is 0. The van der Waals surface area contributed by atoms with Crippen molar-refractivity contribution in [3.05, 3.63) is 59.7 Å². The van der Waals surface area contributed by atoms with Crippen LogP contribution >= 0.6 is 0 Å². The molecule has 0 spiro atoms. The lowest BCUT2D eigenvalue weighted by Gasteiger charge is -2.17. The van der Waals surface area contributed by atoms with Crippen LogP contribution in [-0.2, 0) is 9.53 Å². The summed E-state index contributed by atoms with van der Waals surface area (Å²) in [7, 11) is 1.31. The van der Waals surface area contributed by atoms with Gasteiger partial charge in [-0.1, -0.05) is 6.07 Å². The molecule has 1 saturated heterocycles. The first-order valence-corrected chi connectivity index (χ1v) is 7.79. The van der Waals surface area contributed by atoms with Gasteiger partial charge in [0.05, 0.1) is 24.3 Å². The molecule has 1 aliphatic rings. The number of nitrogens with zero attached hydrogens (tertiary/aromatic N) is 2. The van der Waals surface area contributed by atoms with Gasteiger partial charge in [-0.25, -0.2) is 4.79 Å². The Kier molecular flexibility index (Phi) is 4.66. The maximum atomic E-state index is 12.6. The summed E-state index contributed by atoms with van der Waals surface area (Å²) in [6, 6.07) is 15.5. The minimum absolute atomic E-state index is 0.145. The number of anilines is 1. The molecule has 2 aromatic rings. The van der Waals surface area contributed by atoms with Crippen LogP contribution in [0, 0.1) is 11.3 Å². The van der Waals surface area contributed by atoms with Gasteiger partial charge in [0.15, 0.2) is 6.10 Å². The van der Waals surface area contributed by atoms with Crippen molar-refractivity contribution in [3.63, 3.8) is 0 Å². The number of nitriles is 1. The van der Waals surface area contributed by atoms with Crippen molar-refractivity contribution in [3.8, 4) is 11.8 Å². The average molecular weight is 336 g/mol. The Labute approximate surface area is 145 Å². The van der Waals surface area contributed by atoms with Crippen molar-refractivity contribution in [1.29, 1.82) is 5.26 Å². The maximum absolute atomic E-state index is 12.6. The number of methoxy groups -OCH3 is 1. The molecule has 0 aliphatic carbocycles. The molecule has 2 aromatic carbocycles. The van der Waals surface area contributed by atoms with Crippen LogP contribution in [0.15, 0.2) is 48.5 Å². The fraction of sp³-hybridized carbons (Fsp3) is 0.211. The topological polar surface area (TPSA) is 79.6 Å². The molecule has 1 heterocycles. The van der Waals surface area contributed by atoms with Crippen molar-refractivity contribution in [2.75, 3.05) is 18.6 Å². The number of ether oxygens (including phenoxy) is 2. The van der Waals surface area contributed by atoms with Crippen LogP contribution in [0.3, 0.4) is 0 Å². The van der Waals surface area contributed by atoms with Crippen LogP contribution in [0.1, 0.15) is 22.3 Å². The molecule has 1 fully saturated rings. The highest BCUT2D eigenvalue weighted by Crippen LogP contribution is 2.25. The summed E-state index contributed by atoms with van der Waals surface area (Å²) >= 11 is 0. The predicted octanol–water partition coefficient (Wildman–Crippen LogP) is 2.53. The zero-order valence-electron chi connectivity index (χ0n) is 13.6. The Balaban J connectivity index is 1.72. The van der Waals surface area contributed by atoms with Gasteiger partial charge in [-0.2, -0.15) is 5.26 Å². The number of esters is 1. The monoisotopic (exact) mass is 336 g/mol. The second-order valence-corrected chi connectivity index (χ2v) is 5.56. The van der Waals surface area contributed by atoms with Gasteiger partial charge in [-0.3, -0.25) is 4.79 Å². The summed E-state index contributed by atoms with van der Waals surface area (Å²) in [6.07, 6.45) is -0.0649. The molecule has 1 amide bonds. The summed E-state index contributed by atoms with van der Waals surface area (Å²) in [5.74, 6) is -0.154. The van der Waals surface area contributed by atoms with Crippen molar-refractivity contribution in [2.24, 2.45) is 0 Å². The number of amides is 1. The summed E-state index contributed by atoms with van der Waals surface area (Å²) in [6.45, 7) is 0.534. The molecule has 3 rings (SSSR count). The van der Waals surface area contributed by atoms with Gasteiger partial charge in [-0.05, 0) is 42.5 Å². The molecule has 6 nitrogen and oxygen atoms in total. The minimum Gasteiger partial charge on any atom is -0.480 e. The number of benzene rings is 2. The lowest BCUT2D eigenvalue weighted by atomic mass is 10.2. The van der Waals surface area contributed by atoms with E-state index >= 15 is 0 Å². The molecular formula is C19H16N2O4. The Bertz CT molecular complexity index is 839. The van der Waals surface area contributed by atoms with Crippen LogP contribution in [0.25, 0.3) is 0 Å². The molecule has 0 aromatic heterocycles. The van der Waals surface area contributed by atoms with Crippen LogP contribution in [0.4, 0.5) is 5.69 Å². The molecular weight excluding hydrogens is 320 g/mol. The fourth-order valence-corrected chi connectivity index (χ4v) is 2.71. The summed E-state index contributed by atoms with van der Waals surface area (Å²) in [5, 5.41) is 8.85. The van der Waals surface area contributed by atoms with E-state index < -0.39 is 12.1 Å². The lowest BCUT2D eigenvalue weighted by molar-refractivity contribution is -0.122. The second kappa shape index (κ2) is 7.05. The Morgan fingerprint density at radius 2 is 2.00 bits per heavy atom. The third-order valence-electron chi connectivity index (χ3n) is 4.00. The van der Waals surface area contributed by atoms with Crippen molar-refractivity contribution >= 4 is 17.6 Å². The summed E-state index contributed by atoms with van der Waals surface area (Å²) in [4.78, 5) is 25.8. The molecule has 25 heavy (non-hydrogen) atoms. The average Bonchev–Trinajstić information content (AvgIpc) is 3.02. The zero-order valence-corrected chi connectivity index (χ0v) is 13.6. The van der Waals surface area contributed by atoms with Gasteiger partial charge in [0.1, 0.15) is 5.75 Å². The summed E-state index contributed by atoms with van der Waals surface area (Å²) in [5.41, 5.74) is 1.65. The van der Waals surface area contributed by atoms with Gasteiger partial charge in [0.2, 0.25) is 0 Å². The van der Waals surface area contributed by atoms with E-state index in [2.05, 4.69) is 10.8 Å². The molecule has 0 N–H and O–H groups in total. The highest BCUT2D eigenvalue weighted by atomic mass is 16.5. The van der Waals surface area contributed by atoms with Gasteiger partial charge < -0.3 is 14.4 Å². The predicted molar refractivity (Wildman–Crippen MR) is 90.3 cm³/mol. The standard InChI is InChI=1S/C19H16N2O4/c1-24-19(23)14-3-2-4-16(11-14)25-17-9-10-21(18(17)22)15-7-5-13(12-20)6-8-15/h2-8,11,17H,9-10H2,1H3. The van der Waals surface area contributed by atoms with Crippen molar-refractivity contribution < 1.29 is 19.1 Å². The SMILES string of the molecule is COC(=O)c1cccc(OC2CCN(c3ccc(C#N)cc3)C2=O)c1. The van der Waals surface area contributed by atoms with Crippen LogP contribution < -0.4 is 9.64 Å². The molecule has 1 atom stereocenters. The van der Waals surface area contributed by atoms with E-state index in [1.165, 1.54) is 7.11 Å². The summed E-state index contributed by atoms with van der Waals surface area (Å²) < 4.78 is 10.5. The third-order valence-corrected chi connectivity index (χ3v) is 4.00. The van der Waals surface area contributed by atoms with E-state index in [1.807, 2.05) is 0 Å². The first-order valence-electron chi connectivity index (χ1n) is 7.79. The molecule has 1 unspecified atom stereocenters. The molecule has 6 heteroatoms. The third kappa shape index (κ3) is 3.45. The number of carbonyl (C=O) groups excluding carboxylic acids is 2. The van der Waals surface area contributed by atoms with Gasteiger partial charge >= 0.3 is 5.97 Å². The van der Waals surface area contributed by atoms with Gasteiger partial charge in [-0.15, -0.1) is 0 Å². The van der Waals surface area contributed by atoms with E-state index in [9.17, 15) is 9.59 Å². The highest BCUT2D eigenvalue weighted by molar-refractivity contribution is 5.99. The molecule has 0 bridgehead atoms. The van der Waals surface area contributed by atoms with Crippen molar-refractivity contribution in [2.45, 2.75) is 12.5 Å². The molecule has 0 saturated carbocycles. The largest absolute Gasteiger partial charge is 0.480 e. The smallest absolute Gasteiger partial charge is 0.337 e. The highest BCUT2D eigenvalue weighted by Gasteiger charge is 2.34. The van der Waals surface area contributed by atoms with E-state index in [-0.39, 0.29) is 5.91 Å². The molecule has 0 radical (unpaired) electrons.